The molecule has 0 spiro atoms. The number of rotatable bonds is 5. The molecule has 230 valence electrons. The van der Waals surface area contributed by atoms with Gasteiger partial charge in [-0.1, -0.05) is 109 Å². The average molecular weight is 628 g/mol. The summed E-state index contributed by atoms with van der Waals surface area (Å²) in [5.74, 6) is 0. The second-order valence-corrected chi connectivity index (χ2v) is 12.5. The van der Waals surface area contributed by atoms with Gasteiger partial charge in [-0.2, -0.15) is 0 Å². The van der Waals surface area contributed by atoms with Gasteiger partial charge in [-0.25, -0.2) is 0 Å². The molecule has 10 aromatic rings. The van der Waals surface area contributed by atoms with E-state index in [-0.39, 0.29) is 0 Å². The third-order valence-corrected chi connectivity index (χ3v) is 9.65. The van der Waals surface area contributed by atoms with Gasteiger partial charge in [0.2, 0.25) is 0 Å². The molecule has 8 aromatic carbocycles. The van der Waals surface area contributed by atoms with Gasteiger partial charge < -0.3 is 13.7 Å². The highest BCUT2D eigenvalue weighted by molar-refractivity contribution is 6.22. The predicted octanol–water partition coefficient (Wildman–Crippen LogP) is 13.4. The van der Waals surface area contributed by atoms with Crippen LogP contribution in [0.1, 0.15) is 0 Å². The minimum absolute atomic E-state index is 0.889. The number of hydrogen-bond acceptors (Lipinski definition) is 3. The molecule has 0 atom stereocenters. The lowest BCUT2D eigenvalue weighted by molar-refractivity contribution is 0.668. The summed E-state index contributed by atoms with van der Waals surface area (Å²) in [6, 6.07) is 62.1. The second-order valence-electron chi connectivity index (χ2n) is 12.5. The van der Waals surface area contributed by atoms with Gasteiger partial charge in [0.25, 0.3) is 0 Å². The summed E-state index contributed by atoms with van der Waals surface area (Å²) < 4.78 is 12.5. The van der Waals surface area contributed by atoms with Crippen molar-refractivity contribution in [1.82, 2.24) is 0 Å². The van der Waals surface area contributed by atoms with E-state index < -0.39 is 0 Å². The fourth-order valence-corrected chi connectivity index (χ4v) is 7.35. The van der Waals surface area contributed by atoms with Crippen LogP contribution in [0.5, 0.6) is 0 Å². The SMILES string of the molecule is c1ccc(-c2cc3oc4ccccc4c3c3ccc(-c4ccc(N(c5ccccc5)c5ccc6oc7ccccc7c6c5)cc4)cc23)cc1. The van der Waals surface area contributed by atoms with Crippen molar-refractivity contribution in [3.63, 3.8) is 0 Å². The zero-order valence-electron chi connectivity index (χ0n) is 26.5. The highest BCUT2D eigenvalue weighted by Gasteiger charge is 2.18. The summed E-state index contributed by atoms with van der Waals surface area (Å²) >= 11 is 0. The molecule has 0 unspecified atom stereocenters. The maximum absolute atomic E-state index is 6.38. The minimum atomic E-state index is 0.889. The Labute approximate surface area is 282 Å². The van der Waals surface area contributed by atoms with Crippen LogP contribution in [0.2, 0.25) is 0 Å². The minimum Gasteiger partial charge on any atom is -0.456 e. The normalized spacial score (nSPS) is 11.7. The summed E-state index contributed by atoms with van der Waals surface area (Å²) in [6.45, 7) is 0. The first-order valence-corrected chi connectivity index (χ1v) is 16.6. The zero-order valence-corrected chi connectivity index (χ0v) is 26.5. The molecule has 0 aliphatic rings. The number of furan rings is 2. The molecule has 0 fully saturated rings. The molecule has 0 aliphatic carbocycles. The number of hydrogen-bond donors (Lipinski definition) is 0. The molecule has 2 aromatic heterocycles. The van der Waals surface area contributed by atoms with Gasteiger partial charge in [0.05, 0.1) is 0 Å². The lowest BCUT2D eigenvalue weighted by Crippen LogP contribution is -2.09. The molecule has 0 radical (unpaired) electrons. The van der Waals surface area contributed by atoms with E-state index >= 15 is 0 Å². The molecule has 0 N–H and O–H groups in total. The summed E-state index contributed by atoms with van der Waals surface area (Å²) in [7, 11) is 0. The van der Waals surface area contributed by atoms with Crippen molar-refractivity contribution in [1.29, 1.82) is 0 Å². The summed E-state index contributed by atoms with van der Waals surface area (Å²) in [5.41, 5.74) is 11.5. The van der Waals surface area contributed by atoms with Crippen LogP contribution in [-0.4, -0.2) is 0 Å². The van der Waals surface area contributed by atoms with Crippen LogP contribution in [0.4, 0.5) is 17.1 Å². The van der Waals surface area contributed by atoms with Crippen molar-refractivity contribution < 1.29 is 8.83 Å². The molecule has 0 aliphatic heterocycles. The van der Waals surface area contributed by atoms with E-state index in [1.54, 1.807) is 0 Å². The third kappa shape index (κ3) is 4.51. The number of nitrogens with zero attached hydrogens (tertiary/aromatic N) is 1. The van der Waals surface area contributed by atoms with Crippen molar-refractivity contribution in [3.8, 4) is 22.3 Å². The van der Waals surface area contributed by atoms with Crippen LogP contribution < -0.4 is 4.90 Å². The van der Waals surface area contributed by atoms with E-state index in [2.05, 4.69) is 157 Å². The highest BCUT2D eigenvalue weighted by Crippen LogP contribution is 2.43. The molecule has 10 rings (SSSR count). The van der Waals surface area contributed by atoms with Crippen molar-refractivity contribution >= 4 is 71.7 Å². The van der Waals surface area contributed by atoms with Gasteiger partial charge in [-0.3, -0.25) is 0 Å². The summed E-state index contributed by atoms with van der Waals surface area (Å²) in [5, 5.41) is 6.93. The van der Waals surface area contributed by atoms with E-state index in [0.29, 0.717) is 0 Å². The van der Waals surface area contributed by atoms with Crippen molar-refractivity contribution in [2.75, 3.05) is 4.90 Å². The monoisotopic (exact) mass is 627 g/mol. The van der Waals surface area contributed by atoms with E-state index in [4.69, 9.17) is 8.83 Å². The van der Waals surface area contributed by atoms with Crippen LogP contribution in [0.25, 0.3) is 76.9 Å². The van der Waals surface area contributed by atoms with Gasteiger partial charge in [0.15, 0.2) is 0 Å². The number of para-hydroxylation sites is 3. The van der Waals surface area contributed by atoms with Crippen LogP contribution in [0, 0.1) is 0 Å². The van der Waals surface area contributed by atoms with Crippen LogP contribution in [0.3, 0.4) is 0 Å². The van der Waals surface area contributed by atoms with Gasteiger partial charge in [-0.05, 0) is 99.8 Å². The first-order valence-electron chi connectivity index (χ1n) is 16.6. The Morgan fingerprint density at radius 3 is 1.69 bits per heavy atom. The fraction of sp³-hybridized carbons (Fsp3) is 0. The highest BCUT2D eigenvalue weighted by atomic mass is 16.3. The standard InChI is InChI=1S/C46H29NO2/c1-3-11-31(12-4-1)39-29-45-46(38-16-8-10-18-43(38)49-45)37-25-21-32(27-40(37)39)30-19-22-34(23-20-30)47(33-13-5-2-6-14-33)35-24-26-44-41(28-35)36-15-7-9-17-42(36)48-44/h1-29H. The van der Waals surface area contributed by atoms with Gasteiger partial charge in [0.1, 0.15) is 22.3 Å². The quantitative estimate of drug-likeness (QED) is 0.190. The molecule has 3 heteroatoms. The fourth-order valence-electron chi connectivity index (χ4n) is 7.35. The summed E-state index contributed by atoms with van der Waals surface area (Å²) in [6.07, 6.45) is 0. The number of fused-ring (bicyclic) bond motifs is 8. The maximum Gasteiger partial charge on any atom is 0.136 e. The lowest BCUT2D eigenvalue weighted by Gasteiger charge is -2.25. The smallest absolute Gasteiger partial charge is 0.136 e. The van der Waals surface area contributed by atoms with Crippen LogP contribution in [-0.2, 0) is 0 Å². The van der Waals surface area contributed by atoms with Crippen molar-refractivity contribution in [2.24, 2.45) is 0 Å². The average Bonchev–Trinajstić information content (AvgIpc) is 3.74. The second kappa shape index (κ2) is 11.0. The topological polar surface area (TPSA) is 29.5 Å². The molecule has 0 amide bonds. The third-order valence-electron chi connectivity index (χ3n) is 9.65. The van der Waals surface area contributed by atoms with Gasteiger partial charge in [0, 0.05) is 38.6 Å². The molecule has 3 nitrogen and oxygen atoms in total. The molecule has 0 bridgehead atoms. The molecular formula is C46H29NO2. The molecule has 2 heterocycles. The summed E-state index contributed by atoms with van der Waals surface area (Å²) in [4.78, 5) is 2.31. The Kier molecular flexibility index (Phi) is 6.18. The number of anilines is 3. The van der Waals surface area contributed by atoms with Gasteiger partial charge >= 0.3 is 0 Å². The molecule has 0 saturated heterocycles. The molecule has 49 heavy (non-hydrogen) atoms. The Hall–Kier alpha value is -6.58. The van der Waals surface area contributed by atoms with E-state index in [1.165, 1.54) is 21.9 Å². The molecule has 0 saturated carbocycles. The Morgan fingerprint density at radius 1 is 0.306 bits per heavy atom. The van der Waals surface area contributed by atoms with Gasteiger partial charge in [-0.15, -0.1) is 0 Å². The van der Waals surface area contributed by atoms with Crippen LogP contribution >= 0.6 is 0 Å². The zero-order chi connectivity index (χ0) is 32.3. The molecular weight excluding hydrogens is 599 g/mol. The Morgan fingerprint density at radius 2 is 0.898 bits per heavy atom. The van der Waals surface area contributed by atoms with Crippen molar-refractivity contribution in [2.45, 2.75) is 0 Å². The Bertz CT molecular complexity index is 2810. The van der Waals surface area contributed by atoms with Crippen molar-refractivity contribution in [3.05, 3.63) is 176 Å². The maximum atomic E-state index is 6.38. The van der Waals surface area contributed by atoms with E-state index in [0.717, 1.165) is 72.1 Å². The number of benzene rings is 8. The first-order chi connectivity index (χ1) is 24.3. The van der Waals surface area contributed by atoms with Crippen LogP contribution in [0.15, 0.2) is 185 Å². The largest absolute Gasteiger partial charge is 0.456 e. The van der Waals surface area contributed by atoms with E-state index in [1.807, 2.05) is 24.3 Å². The van der Waals surface area contributed by atoms with E-state index in [9.17, 15) is 0 Å². The predicted molar refractivity (Wildman–Crippen MR) is 204 cm³/mol. The Balaban J connectivity index is 1.11. The first kappa shape index (κ1) is 27.5. The lowest BCUT2D eigenvalue weighted by atomic mass is 9.92.